The molecule has 3 N–H and O–H groups in total. The Morgan fingerprint density at radius 3 is 2.52 bits per heavy atom. The first kappa shape index (κ1) is 16.8. The third-order valence-corrected chi connectivity index (χ3v) is 5.12. The van der Waals surface area contributed by atoms with Crippen molar-refractivity contribution < 1.29 is 13.5 Å². The molecular weight excluding hydrogens is 366 g/mol. The van der Waals surface area contributed by atoms with Gasteiger partial charge in [-0.05, 0) is 30.3 Å². The highest BCUT2D eigenvalue weighted by Crippen LogP contribution is 2.25. The number of nitrogens with zero attached hydrogens (tertiary/aromatic N) is 3. The van der Waals surface area contributed by atoms with Gasteiger partial charge in [-0.3, -0.25) is 14.5 Å². The molecule has 0 saturated carbocycles. The summed E-state index contributed by atoms with van der Waals surface area (Å²) in [4.78, 5) is 17.1. The Balaban J connectivity index is 1.78. The summed E-state index contributed by atoms with van der Waals surface area (Å²) in [5.74, 6) is -0.400. The number of pyridine rings is 1. The number of hydrogen-bond donors (Lipinski definition) is 3. The molecular formula is C14H11N5O4S2. The van der Waals surface area contributed by atoms with Crippen LogP contribution < -0.4 is 10.3 Å². The zero-order valence-corrected chi connectivity index (χ0v) is 14.1. The van der Waals surface area contributed by atoms with E-state index in [1.807, 2.05) is 0 Å². The fraction of sp³-hybridized carbons (Fsp3) is 0. The predicted molar refractivity (Wildman–Crippen MR) is 92.3 cm³/mol. The van der Waals surface area contributed by atoms with Gasteiger partial charge in [0.1, 0.15) is 5.69 Å². The lowest BCUT2D eigenvalue weighted by atomic mass is 10.3. The Morgan fingerprint density at radius 2 is 1.88 bits per heavy atom. The van der Waals surface area contributed by atoms with Crippen molar-refractivity contribution in [3.8, 4) is 5.88 Å². The van der Waals surface area contributed by atoms with E-state index in [1.54, 1.807) is 5.38 Å². The largest absolute Gasteiger partial charge is 0.493 e. The quantitative estimate of drug-likeness (QED) is 0.587. The number of sulfonamides is 1. The van der Waals surface area contributed by atoms with Crippen molar-refractivity contribution in [1.82, 2.24) is 9.97 Å². The molecule has 25 heavy (non-hydrogen) atoms. The highest BCUT2D eigenvalue weighted by molar-refractivity contribution is 7.93. The number of aromatic amines is 1. The summed E-state index contributed by atoms with van der Waals surface area (Å²) in [6, 6.07) is 8.18. The summed E-state index contributed by atoms with van der Waals surface area (Å²) in [6.07, 6.45) is 1.50. The van der Waals surface area contributed by atoms with Crippen LogP contribution in [0.25, 0.3) is 0 Å². The number of aromatic nitrogens is 2. The zero-order chi connectivity index (χ0) is 17.9. The van der Waals surface area contributed by atoms with Crippen LogP contribution in [-0.2, 0) is 10.0 Å². The van der Waals surface area contributed by atoms with Crippen LogP contribution in [0.2, 0.25) is 0 Å². The van der Waals surface area contributed by atoms with Gasteiger partial charge in [0.05, 0.1) is 10.6 Å². The predicted octanol–water partition coefficient (Wildman–Crippen LogP) is 2.75. The molecule has 0 aliphatic rings. The van der Waals surface area contributed by atoms with Crippen molar-refractivity contribution >= 4 is 37.9 Å². The topological polar surface area (TPSA) is 137 Å². The summed E-state index contributed by atoms with van der Waals surface area (Å²) < 4.78 is 26.8. The minimum atomic E-state index is -3.73. The lowest BCUT2D eigenvalue weighted by Gasteiger charge is -2.04. The Morgan fingerprint density at radius 1 is 1.12 bits per heavy atom. The van der Waals surface area contributed by atoms with Gasteiger partial charge in [0.25, 0.3) is 15.6 Å². The molecule has 128 valence electrons. The van der Waals surface area contributed by atoms with Crippen LogP contribution in [0.3, 0.4) is 0 Å². The van der Waals surface area contributed by atoms with E-state index in [1.165, 1.54) is 53.9 Å². The number of rotatable bonds is 5. The first-order chi connectivity index (χ1) is 11.9. The average Bonchev–Trinajstić information content (AvgIpc) is 3.07. The molecule has 0 aliphatic heterocycles. The second-order valence-electron chi connectivity index (χ2n) is 4.69. The van der Waals surface area contributed by atoms with Gasteiger partial charge in [-0.2, -0.15) is 5.11 Å². The Labute approximate surface area is 145 Å². The van der Waals surface area contributed by atoms with E-state index in [-0.39, 0.29) is 15.7 Å². The molecule has 0 amide bonds. The summed E-state index contributed by atoms with van der Waals surface area (Å²) in [7, 11) is -3.73. The second-order valence-corrected chi connectivity index (χ2v) is 7.27. The first-order valence-corrected chi connectivity index (χ1v) is 9.17. The molecule has 0 atom stereocenters. The average molecular weight is 377 g/mol. The van der Waals surface area contributed by atoms with Crippen LogP contribution in [-0.4, -0.2) is 23.5 Å². The van der Waals surface area contributed by atoms with Gasteiger partial charge >= 0.3 is 0 Å². The van der Waals surface area contributed by atoms with Crippen LogP contribution in [0.5, 0.6) is 5.88 Å². The van der Waals surface area contributed by atoms with Gasteiger partial charge in [0.15, 0.2) is 5.13 Å². The van der Waals surface area contributed by atoms with Crippen LogP contribution in [0.4, 0.5) is 16.5 Å². The Kier molecular flexibility index (Phi) is 4.59. The zero-order valence-electron chi connectivity index (χ0n) is 12.4. The van der Waals surface area contributed by atoms with Gasteiger partial charge < -0.3 is 5.11 Å². The SMILES string of the molecule is O=c1ccc(N=Nc2ccc(S(=O)(=O)Nc3nccs3)cc2)c(O)[nH]1. The maximum atomic E-state index is 12.2. The number of H-pyrrole nitrogens is 1. The van der Waals surface area contributed by atoms with Crippen molar-refractivity contribution in [2.45, 2.75) is 4.90 Å². The van der Waals surface area contributed by atoms with Crippen LogP contribution in [0.15, 0.2) is 67.9 Å². The molecule has 0 aliphatic carbocycles. The van der Waals surface area contributed by atoms with Gasteiger partial charge in [0, 0.05) is 17.6 Å². The second kappa shape index (κ2) is 6.83. The molecule has 0 unspecified atom stereocenters. The highest BCUT2D eigenvalue weighted by Gasteiger charge is 2.15. The number of hydrogen-bond acceptors (Lipinski definition) is 8. The molecule has 3 aromatic rings. The Hall–Kier alpha value is -3.05. The number of anilines is 1. The third-order valence-electron chi connectivity index (χ3n) is 2.95. The molecule has 2 aromatic heterocycles. The van der Waals surface area contributed by atoms with Crippen molar-refractivity contribution in [3.63, 3.8) is 0 Å². The molecule has 0 spiro atoms. The van der Waals surface area contributed by atoms with E-state index < -0.39 is 21.5 Å². The number of nitrogens with one attached hydrogen (secondary N) is 2. The van der Waals surface area contributed by atoms with Crippen molar-refractivity contribution in [2.24, 2.45) is 10.2 Å². The lowest BCUT2D eigenvalue weighted by molar-refractivity contribution is 0.453. The molecule has 0 radical (unpaired) electrons. The van der Waals surface area contributed by atoms with E-state index in [4.69, 9.17) is 0 Å². The van der Waals surface area contributed by atoms with Crippen molar-refractivity contribution in [1.29, 1.82) is 0 Å². The molecule has 1 aromatic carbocycles. The third kappa shape index (κ3) is 4.08. The highest BCUT2D eigenvalue weighted by atomic mass is 32.2. The van der Waals surface area contributed by atoms with Crippen LogP contribution >= 0.6 is 11.3 Å². The minimum absolute atomic E-state index is 0.0496. The maximum absolute atomic E-state index is 12.2. The molecule has 0 bridgehead atoms. The number of thiazole rings is 1. The van der Waals surface area contributed by atoms with E-state index in [2.05, 4.69) is 24.9 Å². The van der Waals surface area contributed by atoms with Crippen LogP contribution in [0, 0.1) is 0 Å². The fourth-order valence-electron chi connectivity index (χ4n) is 1.79. The minimum Gasteiger partial charge on any atom is -0.493 e. The van der Waals surface area contributed by atoms with E-state index in [0.29, 0.717) is 5.69 Å². The Bertz CT molecular complexity index is 1060. The smallest absolute Gasteiger partial charge is 0.263 e. The number of aromatic hydroxyl groups is 1. The number of azo groups is 1. The summed E-state index contributed by atoms with van der Waals surface area (Å²) in [6.45, 7) is 0. The summed E-state index contributed by atoms with van der Waals surface area (Å²) >= 11 is 1.17. The van der Waals surface area contributed by atoms with Crippen LogP contribution in [0.1, 0.15) is 0 Å². The first-order valence-electron chi connectivity index (χ1n) is 6.80. The normalized spacial score (nSPS) is 11.7. The summed E-state index contributed by atoms with van der Waals surface area (Å²) in [5.41, 5.74) is -0.000673. The van der Waals surface area contributed by atoms with E-state index in [9.17, 15) is 18.3 Å². The summed E-state index contributed by atoms with van der Waals surface area (Å²) in [5, 5.41) is 19.2. The molecule has 0 fully saturated rings. The van der Waals surface area contributed by atoms with Gasteiger partial charge in [0.2, 0.25) is 5.88 Å². The van der Waals surface area contributed by atoms with Crippen molar-refractivity contribution in [3.05, 3.63) is 58.3 Å². The maximum Gasteiger partial charge on any atom is 0.263 e. The molecule has 3 rings (SSSR count). The molecule has 2 heterocycles. The van der Waals surface area contributed by atoms with E-state index >= 15 is 0 Å². The van der Waals surface area contributed by atoms with Crippen molar-refractivity contribution in [2.75, 3.05) is 4.72 Å². The molecule has 0 saturated heterocycles. The van der Waals surface area contributed by atoms with E-state index in [0.717, 1.165) is 0 Å². The lowest BCUT2D eigenvalue weighted by Crippen LogP contribution is -2.12. The molecule has 9 nitrogen and oxygen atoms in total. The standard InChI is InChI=1S/C14H11N5O4S2/c20-12-6-5-11(13(21)16-12)18-17-9-1-3-10(4-2-9)25(22,23)19-14-15-7-8-24-14/h1-8H,(H,15,19)(H2,16,20,21). The number of benzene rings is 1. The van der Waals surface area contributed by atoms with Gasteiger partial charge in [-0.25, -0.2) is 13.4 Å². The molecule has 11 heteroatoms. The van der Waals surface area contributed by atoms with Gasteiger partial charge in [-0.1, -0.05) is 0 Å². The monoisotopic (exact) mass is 377 g/mol. The van der Waals surface area contributed by atoms with Gasteiger partial charge in [-0.15, -0.1) is 16.5 Å². The fourth-order valence-corrected chi connectivity index (χ4v) is 3.58.